The molecule has 1 N–H and O–H groups in total. The fourth-order valence-corrected chi connectivity index (χ4v) is 1.06. The van der Waals surface area contributed by atoms with Gasteiger partial charge in [-0.3, -0.25) is 4.79 Å². The first-order valence-electron chi connectivity index (χ1n) is 5.10. The second-order valence-electron chi connectivity index (χ2n) is 3.13. The minimum absolute atomic E-state index is 0.00896. The summed E-state index contributed by atoms with van der Waals surface area (Å²) >= 11 is 0. The summed E-state index contributed by atoms with van der Waals surface area (Å²) in [6.45, 7) is 4.33. The lowest BCUT2D eigenvalue weighted by molar-refractivity contribution is -0.138. The van der Waals surface area contributed by atoms with E-state index in [1.165, 1.54) is 0 Å². The second-order valence-corrected chi connectivity index (χ2v) is 3.13. The standard InChI is InChI=1S/C10H19NO3/c1-3-5-9(6-4-2)11-14-8-7-10(12)13/h3-8H2,1-2H3,(H,12,13). The zero-order valence-corrected chi connectivity index (χ0v) is 8.95. The predicted molar refractivity (Wildman–Crippen MR) is 55.5 cm³/mol. The highest BCUT2D eigenvalue weighted by atomic mass is 16.6. The van der Waals surface area contributed by atoms with E-state index in [1.54, 1.807) is 0 Å². The van der Waals surface area contributed by atoms with Gasteiger partial charge >= 0.3 is 5.97 Å². The number of rotatable bonds is 8. The average Bonchev–Trinajstić information content (AvgIpc) is 2.12. The van der Waals surface area contributed by atoms with Gasteiger partial charge in [0, 0.05) is 0 Å². The van der Waals surface area contributed by atoms with Gasteiger partial charge < -0.3 is 9.94 Å². The van der Waals surface area contributed by atoms with Gasteiger partial charge in [0.15, 0.2) is 0 Å². The van der Waals surface area contributed by atoms with Crippen molar-refractivity contribution in [3.8, 4) is 0 Å². The first kappa shape index (κ1) is 12.9. The minimum atomic E-state index is -0.854. The first-order valence-corrected chi connectivity index (χ1v) is 5.10. The summed E-state index contributed by atoms with van der Waals surface area (Å²) < 4.78 is 0. The molecule has 4 nitrogen and oxygen atoms in total. The summed E-state index contributed by atoms with van der Waals surface area (Å²) in [5.41, 5.74) is 1.03. The van der Waals surface area contributed by atoms with E-state index in [1.807, 2.05) is 0 Å². The molecule has 0 amide bonds. The van der Waals surface area contributed by atoms with Gasteiger partial charge in [0.2, 0.25) is 0 Å². The Hall–Kier alpha value is -1.06. The molecule has 0 aromatic rings. The fraction of sp³-hybridized carbons (Fsp3) is 0.800. The lowest BCUT2D eigenvalue weighted by Crippen LogP contribution is -2.03. The van der Waals surface area contributed by atoms with Crippen LogP contribution in [0.2, 0.25) is 0 Å². The molecule has 0 aliphatic heterocycles. The summed E-state index contributed by atoms with van der Waals surface area (Å²) in [6.07, 6.45) is 3.96. The molecule has 0 fully saturated rings. The Balaban J connectivity index is 3.71. The molecular weight excluding hydrogens is 182 g/mol. The van der Waals surface area contributed by atoms with Crippen molar-refractivity contribution in [2.24, 2.45) is 5.16 Å². The Morgan fingerprint density at radius 1 is 1.21 bits per heavy atom. The molecule has 0 aliphatic rings. The molecule has 0 saturated carbocycles. The molecule has 4 heteroatoms. The summed E-state index contributed by atoms with van der Waals surface area (Å²) in [7, 11) is 0. The number of carboxylic acid groups (broad SMARTS) is 1. The van der Waals surface area contributed by atoms with Crippen molar-refractivity contribution in [1.82, 2.24) is 0 Å². The zero-order chi connectivity index (χ0) is 10.8. The van der Waals surface area contributed by atoms with Crippen LogP contribution in [0, 0.1) is 0 Å². The quantitative estimate of drug-likeness (QED) is 0.373. The van der Waals surface area contributed by atoms with Crippen molar-refractivity contribution in [3.63, 3.8) is 0 Å². The monoisotopic (exact) mass is 201 g/mol. The van der Waals surface area contributed by atoms with Crippen molar-refractivity contribution in [3.05, 3.63) is 0 Å². The largest absolute Gasteiger partial charge is 0.481 e. The van der Waals surface area contributed by atoms with Crippen LogP contribution in [0.15, 0.2) is 5.16 Å². The lowest BCUT2D eigenvalue weighted by atomic mass is 10.1. The Kier molecular flexibility index (Phi) is 7.89. The molecule has 0 spiro atoms. The van der Waals surface area contributed by atoms with Gasteiger partial charge in [0.1, 0.15) is 6.61 Å². The van der Waals surface area contributed by atoms with Crippen molar-refractivity contribution in [2.45, 2.75) is 46.0 Å². The van der Waals surface area contributed by atoms with Crippen molar-refractivity contribution < 1.29 is 14.7 Å². The Labute approximate surface area is 84.9 Å². The van der Waals surface area contributed by atoms with Crippen LogP contribution >= 0.6 is 0 Å². The van der Waals surface area contributed by atoms with Crippen molar-refractivity contribution >= 4 is 11.7 Å². The molecule has 0 unspecified atom stereocenters. The van der Waals surface area contributed by atoms with Gasteiger partial charge in [-0.15, -0.1) is 0 Å². The molecular formula is C10H19NO3. The molecule has 0 radical (unpaired) electrons. The Bertz CT molecular complexity index is 182. The van der Waals surface area contributed by atoms with Crippen LogP contribution in [0.1, 0.15) is 46.0 Å². The van der Waals surface area contributed by atoms with Gasteiger partial charge in [-0.25, -0.2) is 0 Å². The van der Waals surface area contributed by atoms with Gasteiger partial charge in [-0.05, 0) is 12.8 Å². The van der Waals surface area contributed by atoms with Crippen molar-refractivity contribution in [2.75, 3.05) is 6.61 Å². The van der Waals surface area contributed by atoms with E-state index in [9.17, 15) is 4.79 Å². The number of carboxylic acids is 1. The predicted octanol–water partition coefficient (Wildman–Crippen LogP) is 2.43. The van der Waals surface area contributed by atoms with Gasteiger partial charge in [0.05, 0.1) is 12.1 Å². The molecule has 0 rings (SSSR count). The van der Waals surface area contributed by atoms with Crippen LogP contribution in [-0.4, -0.2) is 23.4 Å². The van der Waals surface area contributed by atoms with E-state index in [0.717, 1.165) is 31.4 Å². The summed E-state index contributed by atoms with van der Waals surface area (Å²) in [5.74, 6) is -0.854. The maximum absolute atomic E-state index is 10.2. The number of carbonyl (C=O) groups is 1. The van der Waals surface area contributed by atoms with E-state index in [0.29, 0.717) is 0 Å². The van der Waals surface area contributed by atoms with E-state index in [-0.39, 0.29) is 13.0 Å². The summed E-state index contributed by atoms with van der Waals surface area (Å²) in [5, 5.41) is 12.3. The molecule has 82 valence electrons. The van der Waals surface area contributed by atoms with Crippen LogP contribution in [0.4, 0.5) is 0 Å². The SMILES string of the molecule is CCCC(CCC)=NOCCC(=O)O. The zero-order valence-electron chi connectivity index (χ0n) is 8.95. The molecule has 0 bridgehead atoms. The minimum Gasteiger partial charge on any atom is -0.481 e. The highest BCUT2D eigenvalue weighted by molar-refractivity contribution is 5.83. The third kappa shape index (κ3) is 7.58. The third-order valence-electron chi connectivity index (χ3n) is 1.68. The van der Waals surface area contributed by atoms with E-state index >= 15 is 0 Å². The van der Waals surface area contributed by atoms with E-state index in [2.05, 4.69) is 19.0 Å². The lowest BCUT2D eigenvalue weighted by Gasteiger charge is -2.02. The van der Waals surface area contributed by atoms with Crippen LogP contribution < -0.4 is 0 Å². The third-order valence-corrected chi connectivity index (χ3v) is 1.68. The number of oxime groups is 1. The highest BCUT2D eigenvalue weighted by Crippen LogP contribution is 2.01. The van der Waals surface area contributed by atoms with Crippen LogP contribution in [0.25, 0.3) is 0 Å². The van der Waals surface area contributed by atoms with Crippen LogP contribution in [0.3, 0.4) is 0 Å². The molecule has 0 heterocycles. The molecule has 0 saturated heterocycles. The summed E-state index contributed by atoms with van der Waals surface area (Å²) in [4.78, 5) is 15.1. The smallest absolute Gasteiger partial charge is 0.306 e. The summed E-state index contributed by atoms with van der Waals surface area (Å²) in [6, 6.07) is 0. The number of hydrogen-bond donors (Lipinski definition) is 1. The first-order chi connectivity index (χ1) is 6.70. The van der Waals surface area contributed by atoms with Crippen molar-refractivity contribution in [1.29, 1.82) is 0 Å². The number of aliphatic carboxylic acids is 1. The van der Waals surface area contributed by atoms with E-state index in [4.69, 9.17) is 9.94 Å². The molecule has 0 aliphatic carbocycles. The van der Waals surface area contributed by atoms with Gasteiger partial charge in [0.25, 0.3) is 0 Å². The molecule has 14 heavy (non-hydrogen) atoms. The second kappa shape index (κ2) is 8.53. The molecule has 0 aromatic carbocycles. The topological polar surface area (TPSA) is 58.9 Å². The Morgan fingerprint density at radius 2 is 1.79 bits per heavy atom. The maximum atomic E-state index is 10.2. The maximum Gasteiger partial charge on any atom is 0.306 e. The Morgan fingerprint density at radius 3 is 2.21 bits per heavy atom. The average molecular weight is 201 g/mol. The highest BCUT2D eigenvalue weighted by Gasteiger charge is 1.99. The van der Waals surface area contributed by atoms with Gasteiger partial charge in [-0.1, -0.05) is 31.8 Å². The number of nitrogens with zero attached hydrogens (tertiary/aromatic N) is 1. The van der Waals surface area contributed by atoms with Crippen LogP contribution in [-0.2, 0) is 9.63 Å². The molecule has 0 aromatic heterocycles. The van der Waals surface area contributed by atoms with E-state index < -0.39 is 5.97 Å². The normalized spacial score (nSPS) is 9.57. The van der Waals surface area contributed by atoms with Gasteiger partial charge in [-0.2, -0.15) is 0 Å². The fourth-order valence-electron chi connectivity index (χ4n) is 1.06. The molecule has 0 atom stereocenters. The van der Waals surface area contributed by atoms with Crippen LogP contribution in [0.5, 0.6) is 0 Å². The number of hydrogen-bond acceptors (Lipinski definition) is 3.